The van der Waals surface area contributed by atoms with E-state index >= 15 is 0 Å². The molecule has 0 bridgehead atoms. The molecule has 7 nitrogen and oxygen atoms in total. The van der Waals surface area contributed by atoms with E-state index in [1.54, 1.807) is 30.3 Å². The quantitative estimate of drug-likeness (QED) is 0.111. The van der Waals surface area contributed by atoms with E-state index in [9.17, 15) is 4.79 Å². The molecule has 4 aliphatic rings. The van der Waals surface area contributed by atoms with Crippen molar-refractivity contribution in [1.29, 1.82) is 0 Å². The minimum atomic E-state index is -3.33. The summed E-state index contributed by atoms with van der Waals surface area (Å²) in [7, 11) is -3.32. The van der Waals surface area contributed by atoms with E-state index in [1.165, 1.54) is 24.3 Å². The van der Waals surface area contributed by atoms with E-state index in [1.807, 2.05) is 13.1 Å². The normalized spacial score (nSPS) is 31.2. The largest absolute Gasteiger partial charge is 0.379 e. The third-order valence-corrected chi connectivity index (χ3v) is 13.5. The Morgan fingerprint density at radius 3 is 2.02 bits per heavy atom. The molecule has 50 heavy (non-hydrogen) atoms. The standard InChI is InChI=1S/C41H54ClN3O4Si/c1-50(2)38-28-33(44-19-6-7-20-44)13-15-35(38)41(36-16-14-34(29-39(36)50)45-21-8-9-22-45)37-27-31(11-12-32(37)30-49-41)40(46)43-18-24-48-26-25-47-23-10-4-3-5-17-42/h11-16,27-29H,3-10,17-26,30H2,1-2H3,(H,43,46)/i6D2,7D2,8D2,9D2,19D2,20D2,21D2,22D2. The van der Waals surface area contributed by atoms with Crippen LogP contribution in [-0.4, -0.2) is 78.8 Å². The van der Waals surface area contributed by atoms with Gasteiger partial charge in [-0.05, 0) is 107 Å². The maximum Gasteiger partial charge on any atom is 0.251 e. The average Bonchev–Trinajstić information content (AvgIpc) is 3.66. The molecule has 9 heteroatoms. The maximum atomic E-state index is 13.7. The Labute approximate surface area is 327 Å². The molecule has 2 fully saturated rings. The lowest BCUT2D eigenvalue weighted by Crippen LogP contribution is -2.63. The zero-order valence-corrected chi connectivity index (χ0v) is 30.1. The van der Waals surface area contributed by atoms with Gasteiger partial charge >= 0.3 is 0 Å². The Bertz CT molecular complexity index is 2210. The molecular weight excluding hydrogens is 662 g/mol. The van der Waals surface area contributed by atoms with Crippen LogP contribution in [0.5, 0.6) is 0 Å². The molecule has 0 saturated carbocycles. The number of hydrogen-bond donors (Lipinski definition) is 1. The molecule has 7 rings (SSSR count). The number of ether oxygens (including phenoxy) is 3. The van der Waals surface area contributed by atoms with Crippen LogP contribution in [-0.2, 0) is 26.4 Å². The number of alkyl halides is 1. The molecule has 0 radical (unpaired) electrons. The first-order chi connectivity index (χ1) is 30.5. The summed E-state index contributed by atoms with van der Waals surface area (Å²) in [5, 5.41) is 3.84. The molecule has 4 aliphatic heterocycles. The maximum absolute atomic E-state index is 13.7. The third-order valence-electron chi connectivity index (χ3n) is 9.70. The monoisotopic (exact) mass is 731 g/mol. The first-order valence-electron chi connectivity index (χ1n) is 25.1. The summed E-state index contributed by atoms with van der Waals surface area (Å²) >= 11 is 5.72. The van der Waals surface area contributed by atoms with Crippen LogP contribution in [0.15, 0.2) is 54.6 Å². The number of hydrogen-bond acceptors (Lipinski definition) is 6. The predicted octanol–water partition coefficient (Wildman–Crippen LogP) is 6.41. The second kappa shape index (κ2) is 15.8. The smallest absolute Gasteiger partial charge is 0.251 e. The summed E-state index contributed by atoms with van der Waals surface area (Å²) in [5.74, 6) is 0.229. The van der Waals surface area contributed by atoms with Gasteiger partial charge in [-0.1, -0.05) is 44.1 Å². The van der Waals surface area contributed by atoms with Crippen molar-refractivity contribution in [2.75, 3.05) is 74.6 Å². The molecule has 268 valence electrons. The van der Waals surface area contributed by atoms with Crippen molar-refractivity contribution < 1.29 is 40.9 Å². The summed E-state index contributed by atoms with van der Waals surface area (Å²) in [6.07, 6.45) is -9.29. The molecule has 4 heterocycles. The lowest BCUT2D eigenvalue weighted by atomic mass is 9.78. The van der Waals surface area contributed by atoms with Gasteiger partial charge in [0.25, 0.3) is 5.91 Å². The lowest BCUT2D eigenvalue weighted by molar-refractivity contribution is 0.0276. The van der Waals surface area contributed by atoms with E-state index in [4.69, 9.17) is 47.7 Å². The molecule has 1 amide bonds. The predicted molar refractivity (Wildman–Crippen MR) is 207 cm³/mol. The SMILES string of the molecule is [2H]C1([2H])N(c2ccc3c(c2)[Si](C)(C)c2cc(N4C([2H])([2H])C([2H])([2H])C([2H])([2H])C4([2H])[2H])ccc2C32OCc3ccc(C(=O)NCCOCCOCCCCCCCl)cc32)C([2H])([2H])C([2H])([2H])C1([2H])[2H]. The Hall–Kier alpha value is -2.88. The fourth-order valence-corrected chi connectivity index (χ4v) is 10.5. The zero-order chi connectivity index (χ0) is 48.9. The van der Waals surface area contributed by atoms with E-state index in [0.29, 0.717) is 68.1 Å². The molecular formula is C41H54ClN3O4Si. The van der Waals surface area contributed by atoms with Crippen molar-refractivity contribution in [1.82, 2.24) is 5.32 Å². The van der Waals surface area contributed by atoms with Gasteiger partial charge in [-0.3, -0.25) is 4.79 Å². The van der Waals surface area contributed by atoms with Crippen molar-refractivity contribution in [3.8, 4) is 0 Å². The van der Waals surface area contributed by atoms with Gasteiger partial charge in [-0.25, -0.2) is 0 Å². The topological polar surface area (TPSA) is 63.3 Å². The Morgan fingerprint density at radius 1 is 0.800 bits per heavy atom. The van der Waals surface area contributed by atoms with Crippen LogP contribution < -0.4 is 25.5 Å². The highest BCUT2D eigenvalue weighted by Gasteiger charge is 2.53. The van der Waals surface area contributed by atoms with E-state index in [-0.39, 0.29) is 36.7 Å². The number of fused-ring (bicyclic) bond motifs is 6. The van der Waals surface area contributed by atoms with Crippen LogP contribution in [0.3, 0.4) is 0 Å². The molecule has 2 saturated heterocycles. The number of nitrogens with one attached hydrogen (secondary N) is 1. The second-order valence-electron chi connectivity index (χ2n) is 13.1. The second-order valence-corrected chi connectivity index (χ2v) is 17.8. The van der Waals surface area contributed by atoms with Gasteiger partial charge in [-0.15, -0.1) is 11.6 Å². The van der Waals surface area contributed by atoms with Crippen molar-refractivity contribution in [3.05, 3.63) is 82.4 Å². The molecule has 0 unspecified atom stereocenters. The zero-order valence-electron chi connectivity index (χ0n) is 44.4. The molecule has 0 aromatic heterocycles. The number of benzene rings is 3. The summed E-state index contributed by atoms with van der Waals surface area (Å²) in [5.41, 5.74) is 0.571. The summed E-state index contributed by atoms with van der Waals surface area (Å²) in [4.78, 5) is 14.7. The van der Waals surface area contributed by atoms with Crippen molar-refractivity contribution >= 4 is 47.3 Å². The van der Waals surface area contributed by atoms with E-state index < -0.39 is 71.1 Å². The summed E-state index contributed by atoms with van der Waals surface area (Å²) in [6, 6.07) is 14.0. The molecule has 1 N–H and O–H groups in total. The van der Waals surface area contributed by atoms with Crippen LogP contribution in [0.1, 0.15) is 106 Å². The third kappa shape index (κ3) is 6.99. The lowest BCUT2D eigenvalue weighted by Gasteiger charge is -2.45. The molecule has 3 aromatic rings. The van der Waals surface area contributed by atoms with Gasteiger partial charge < -0.3 is 29.3 Å². The highest BCUT2D eigenvalue weighted by atomic mass is 35.5. The molecule has 0 atom stereocenters. The minimum Gasteiger partial charge on any atom is -0.379 e. The first-order valence-corrected chi connectivity index (χ1v) is 20.7. The Morgan fingerprint density at radius 2 is 1.40 bits per heavy atom. The molecule has 0 aliphatic carbocycles. The van der Waals surface area contributed by atoms with Gasteiger partial charge in [0.2, 0.25) is 0 Å². The van der Waals surface area contributed by atoms with Crippen LogP contribution in [0, 0.1) is 0 Å². The average molecular weight is 733 g/mol. The van der Waals surface area contributed by atoms with Crippen LogP contribution >= 0.6 is 11.6 Å². The number of anilines is 2. The van der Waals surface area contributed by atoms with Crippen molar-refractivity contribution in [3.63, 3.8) is 0 Å². The summed E-state index contributed by atoms with van der Waals surface area (Å²) < 4.78 is 156. The van der Waals surface area contributed by atoms with Crippen molar-refractivity contribution in [2.45, 2.75) is 76.5 Å². The number of carbonyl (C=O) groups excluding carboxylic acids is 1. The number of rotatable bonds is 15. The van der Waals surface area contributed by atoms with Gasteiger partial charge in [-0.2, -0.15) is 0 Å². The fourth-order valence-electron chi connectivity index (χ4n) is 7.12. The van der Waals surface area contributed by atoms with Gasteiger partial charge in [0.05, 0.1) is 26.4 Å². The Balaban J connectivity index is 1.29. The number of carbonyl (C=O) groups is 1. The number of unbranched alkanes of at least 4 members (excludes halogenated alkanes) is 3. The molecule has 1 spiro atoms. The highest BCUT2D eigenvalue weighted by Crippen LogP contribution is 2.50. The molecule has 3 aromatic carbocycles. The first kappa shape index (κ1) is 21.0. The van der Waals surface area contributed by atoms with Crippen molar-refractivity contribution in [2.24, 2.45) is 0 Å². The Kier molecular flexibility index (Phi) is 6.62. The van der Waals surface area contributed by atoms with Gasteiger partial charge in [0, 0.05) is 83.9 Å². The van der Waals surface area contributed by atoms with Crippen LogP contribution in [0.2, 0.25) is 13.1 Å². The highest BCUT2D eigenvalue weighted by molar-refractivity contribution is 7.01. The van der Waals surface area contributed by atoms with E-state index in [0.717, 1.165) is 25.7 Å². The van der Waals surface area contributed by atoms with Gasteiger partial charge in [0.15, 0.2) is 0 Å². The van der Waals surface area contributed by atoms with Gasteiger partial charge in [0.1, 0.15) is 13.7 Å². The summed E-state index contributed by atoms with van der Waals surface area (Å²) in [6.45, 7) is -7.25. The minimum absolute atomic E-state index is 0.0280. The van der Waals surface area contributed by atoms with E-state index in [2.05, 4.69) is 5.32 Å². The number of amides is 1. The number of halogens is 1. The number of nitrogens with zero attached hydrogens (tertiary/aromatic N) is 2. The van der Waals surface area contributed by atoms with Crippen LogP contribution in [0.25, 0.3) is 0 Å². The fraction of sp³-hybridized carbons (Fsp3) is 0.537. The van der Waals surface area contributed by atoms with Crippen LogP contribution in [0.4, 0.5) is 11.4 Å².